The molecule has 0 fully saturated rings. The van der Waals surface area contributed by atoms with Crippen molar-refractivity contribution in [2.24, 2.45) is 5.73 Å². The summed E-state index contributed by atoms with van der Waals surface area (Å²) in [7, 11) is -1.60. The molecule has 0 bridgehead atoms. The SMILES string of the molecule is COc1ccc(Cl)cc1CC(N)C(C)S(C)(=O)=O. The molecule has 2 N–H and O–H groups in total. The van der Waals surface area contributed by atoms with Crippen LogP contribution in [-0.2, 0) is 16.3 Å². The smallest absolute Gasteiger partial charge is 0.151 e. The molecule has 1 rings (SSSR count). The number of sulfone groups is 1. The number of ether oxygens (including phenoxy) is 1. The maximum atomic E-state index is 11.4. The van der Waals surface area contributed by atoms with Crippen LogP contribution in [-0.4, -0.2) is 33.1 Å². The molecule has 0 aromatic heterocycles. The standard InChI is InChI=1S/C12H18ClNO3S/c1-8(18(3,15)16)11(14)7-9-6-10(13)4-5-12(9)17-2/h4-6,8,11H,7,14H2,1-3H3. The van der Waals surface area contributed by atoms with E-state index in [-0.39, 0.29) is 0 Å². The lowest BCUT2D eigenvalue weighted by Crippen LogP contribution is -2.39. The molecular formula is C12H18ClNO3S. The second-order valence-corrected chi connectivity index (χ2v) is 7.20. The Morgan fingerprint density at radius 2 is 2.06 bits per heavy atom. The van der Waals surface area contributed by atoms with Gasteiger partial charge in [0.15, 0.2) is 9.84 Å². The van der Waals surface area contributed by atoms with Gasteiger partial charge in [-0.2, -0.15) is 0 Å². The van der Waals surface area contributed by atoms with Crippen molar-refractivity contribution in [2.45, 2.75) is 24.6 Å². The van der Waals surface area contributed by atoms with E-state index in [2.05, 4.69) is 0 Å². The van der Waals surface area contributed by atoms with E-state index in [0.717, 1.165) is 5.56 Å². The summed E-state index contributed by atoms with van der Waals surface area (Å²) in [5.41, 5.74) is 6.74. The zero-order valence-electron chi connectivity index (χ0n) is 10.7. The van der Waals surface area contributed by atoms with Gasteiger partial charge in [0.1, 0.15) is 5.75 Å². The van der Waals surface area contributed by atoms with Crippen LogP contribution in [0, 0.1) is 0 Å². The number of rotatable bonds is 5. The zero-order valence-corrected chi connectivity index (χ0v) is 12.3. The van der Waals surface area contributed by atoms with Crippen molar-refractivity contribution in [1.82, 2.24) is 0 Å². The van der Waals surface area contributed by atoms with Crippen LogP contribution in [0.15, 0.2) is 18.2 Å². The number of hydrogen-bond donors (Lipinski definition) is 1. The zero-order chi connectivity index (χ0) is 13.9. The van der Waals surface area contributed by atoms with Crippen molar-refractivity contribution >= 4 is 21.4 Å². The van der Waals surface area contributed by atoms with Crippen molar-refractivity contribution in [2.75, 3.05) is 13.4 Å². The van der Waals surface area contributed by atoms with Gasteiger partial charge in [-0.3, -0.25) is 0 Å². The first-order valence-electron chi connectivity index (χ1n) is 5.52. The largest absolute Gasteiger partial charge is 0.496 e. The van der Waals surface area contributed by atoms with Gasteiger partial charge in [-0.1, -0.05) is 11.6 Å². The molecule has 6 heteroatoms. The number of halogens is 1. The summed E-state index contributed by atoms with van der Waals surface area (Å²) in [6.07, 6.45) is 1.59. The minimum Gasteiger partial charge on any atom is -0.496 e. The van der Waals surface area contributed by atoms with Crippen LogP contribution in [0.2, 0.25) is 5.02 Å². The molecule has 4 nitrogen and oxygen atoms in total. The van der Waals surface area contributed by atoms with E-state index in [9.17, 15) is 8.42 Å². The highest BCUT2D eigenvalue weighted by molar-refractivity contribution is 7.91. The molecule has 0 saturated carbocycles. The third kappa shape index (κ3) is 3.86. The second kappa shape index (κ2) is 5.91. The molecular weight excluding hydrogens is 274 g/mol. The number of benzene rings is 1. The maximum Gasteiger partial charge on any atom is 0.151 e. The topological polar surface area (TPSA) is 69.4 Å². The van der Waals surface area contributed by atoms with E-state index in [1.165, 1.54) is 6.26 Å². The fourth-order valence-electron chi connectivity index (χ4n) is 1.64. The molecule has 0 aliphatic heterocycles. The first kappa shape index (κ1) is 15.3. The van der Waals surface area contributed by atoms with Gasteiger partial charge in [-0.25, -0.2) is 8.42 Å². The molecule has 0 aliphatic carbocycles. The summed E-state index contributed by atoms with van der Waals surface area (Å²) in [5.74, 6) is 0.663. The normalized spacial score (nSPS) is 15.2. The van der Waals surface area contributed by atoms with E-state index in [1.807, 2.05) is 0 Å². The summed E-state index contributed by atoms with van der Waals surface area (Å²) in [6.45, 7) is 1.61. The van der Waals surface area contributed by atoms with Gasteiger partial charge >= 0.3 is 0 Å². The van der Waals surface area contributed by atoms with Crippen molar-refractivity contribution < 1.29 is 13.2 Å². The van der Waals surface area contributed by atoms with Gasteiger partial charge in [0.25, 0.3) is 0 Å². The molecule has 0 amide bonds. The van der Waals surface area contributed by atoms with Crippen LogP contribution in [0.5, 0.6) is 5.75 Å². The maximum absolute atomic E-state index is 11.4. The highest BCUT2D eigenvalue weighted by Crippen LogP contribution is 2.24. The monoisotopic (exact) mass is 291 g/mol. The molecule has 2 unspecified atom stereocenters. The highest BCUT2D eigenvalue weighted by Gasteiger charge is 2.23. The van der Waals surface area contributed by atoms with Crippen molar-refractivity contribution in [3.05, 3.63) is 28.8 Å². The number of methoxy groups -OCH3 is 1. The van der Waals surface area contributed by atoms with Crippen LogP contribution >= 0.6 is 11.6 Å². The highest BCUT2D eigenvalue weighted by atomic mass is 35.5. The quantitative estimate of drug-likeness (QED) is 0.895. The lowest BCUT2D eigenvalue weighted by Gasteiger charge is -2.19. The lowest BCUT2D eigenvalue weighted by atomic mass is 10.0. The van der Waals surface area contributed by atoms with Crippen LogP contribution < -0.4 is 10.5 Å². The van der Waals surface area contributed by atoms with Crippen LogP contribution in [0.3, 0.4) is 0 Å². The first-order chi connectivity index (χ1) is 8.25. The van der Waals surface area contributed by atoms with Crippen molar-refractivity contribution in [1.29, 1.82) is 0 Å². The minimum absolute atomic E-state index is 0.401. The predicted octanol–water partition coefficient (Wildman–Crippen LogP) is 1.65. The molecule has 1 aromatic rings. The van der Waals surface area contributed by atoms with E-state index >= 15 is 0 Å². The Labute approximate surface area is 113 Å². The van der Waals surface area contributed by atoms with Gasteiger partial charge in [0, 0.05) is 17.3 Å². The molecule has 18 heavy (non-hydrogen) atoms. The molecule has 1 aromatic carbocycles. The van der Waals surface area contributed by atoms with Crippen LogP contribution in [0.25, 0.3) is 0 Å². The molecule has 102 valence electrons. The molecule has 0 radical (unpaired) electrons. The van der Waals surface area contributed by atoms with Crippen molar-refractivity contribution in [3.63, 3.8) is 0 Å². The predicted molar refractivity (Wildman–Crippen MR) is 74.0 cm³/mol. The van der Waals surface area contributed by atoms with Gasteiger partial charge in [-0.05, 0) is 37.1 Å². The Kier molecular flexibility index (Phi) is 5.01. The third-order valence-electron chi connectivity index (χ3n) is 2.98. The summed E-state index contributed by atoms with van der Waals surface area (Å²) in [4.78, 5) is 0. The summed E-state index contributed by atoms with van der Waals surface area (Å²) in [6, 6.07) is 4.72. The van der Waals surface area contributed by atoms with Gasteiger partial charge in [0.2, 0.25) is 0 Å². The second-order valence-electron chi connectivity index (χ2n) is 4.36. The molecule has 0 spiro atoms. The van der Waals surface area contributed by atoms with E-state index < -0.39 is 21.1 Å². The summed E-state index contributed by atoms with van der Waals surface area (Å²) < 4.78 is 28.1. The Morgan fingerprint density at radius 1 is 1.44 bits per heavy atom. The molecule has 2 atom stereocenters. The van der Waals surface area contributed by atoms with E-state index in [4.69, 9.17) is 22.1 Å². The van der Waals surface area contributed by atoms with Gasteiger partial charge in [0.05, 0.1) is 12.4 Å². The average molecular weight is 292 g/mol. The van der Waals surface area contributed by atoms with E-state index in [0.29, 0.717) is 17.2 Å². The van der Waals surface area contributed by atoms with Crippen LogP contribution in [0.1, 0.15) is 12.5 Å². The van der Waals surface area contributed by atoms with Crippen LogP contribution in [0.4, 0.5) is 0 Å². The summed E-state index contributed by atoms with van der Waals surface area (Å²) >= 11 is 5.91. The van der Waals surface area contributed by atoms with E-state index in [1.54, 1.807) is 32.2 Å². The lowest BCUT2D eigenvalue weighted by molar-refractivity contribution is 0.407. The Balaban J connectivity index is 2.94. The fraction of sp³-hybridized carbons (Fsp3) is 0.500. The fourth-order valence-corrected chi connectivity index (χ4v) is 2.57. The van der Waals surface area contributed by atoms with Crippen molar-refractivity contribution in [3.8, 4) is 5.75 Å². The molecule has 0 heterocycles. The average Bonchev–Trinajstić information content (AvgIpc) is 2.27. The molecule has 0 saturated heterocycles. The first-order valence-corrected chi connectivity index (χ1v) is 7.86. The Hall–Kier alpha value is -0.780. The minimum atomic E-state index is -3.15. The Morgan fingerprint density at radius 3 is 2.56 bits per heavy atom. The van der Waals surface area contributed by atoms with Gasteiger partial charge < -0.3 is 10.5 Å². The van der Waals surface area contributed by atoms with Gasteiger partial charge in [-0.15, -0.1) is 0 Å². The molecule has 0 aliphatic rings. The number of nitrogens with two attached hydrogens (primary N) is 1. The summed E-state index contributed by atoms with van der Waals surface area (Å²) in [5, 5.41) is -0.0359. The third-order valence-corrected chi connectivity index (χ3v) is 4.91. The Bertz CT molecular complexity index is 516. The number of hydrogen-bond acceptors (Lipinski definition) is 4.